The molecule has 0 aliphatic rings. The van der Waals surface area contributed by atoms with Crippen molar-refractivity contribution < 1.29 is 4.79 Å². The fourth-order valence-corrected chi connectivity index (χ4v) is 0.705. The van der Waals surface area contributed by atoms with Gasteiger partial charge in [-0.1, -0.05) is 6.92 Å². The molecule has 0 spiro atoms. The first-order chi connectivity index (χ1) is 4.75. The highest BCUT2D eigenvalue weighted by Crippen LogP contribution is 2.05. The molecule has 0 aliphatic heterocycles. The Bertz CT molecular complexity index is 241. The summed E-state index contributed by atoms with van der Waals surface area (Å²) in [7, 11) is 0. The van der Waals surface area contributed by atoms with E-state index in [0.29, 0.717) is 12.1 Å². The molecule has 0 bridgehead atoms. The van der Waals surface area contributed by atoms with Crippen molar-refractivity contribution in [1.29, 1.82) is 0 Å². The molecule has 0 radical (unpaired) electrons. The number of nitrogens with two attached hydrogens (primary N) is 1. The molecule has 0 amide bonds. The van der Waals surface area contributed by atoms with E-state index in [9.17, 15) is 4.79 Å². The van der Waals surface area contributed by atoms with Gasteiger partial charge in [0.25, 0.3) is 0 Å². The van der Waals surface area contributed by atoms with E-state index in [1.165, 1.54) is 6.33 Å². The number of hydrogen-bond donors (Lipinski definition) is 2. The quantitative estimate of drug-likeness (QED) is 0.589. The van der Waals surface area contributed by atoms with Gasteiger partial charge in [0.1, 0.15) is 5.69 Å². The number of rotatable bonds is 2. The summed E-state index contributed by atoms with van der Waals surface area (Å²) in [5, 5.41) is 0. The Morgan fingerprint density at radius 1 is 1.90 bits per heavy atom. The van der Waals surface area contributed by atoms with Crippen molar-refractivity contribution in [2.45, 2.75) is 13.3 Å². The molecule has 1 aromatic rings. The second-order valence-electron chi connectivity index (χ2n) is 1.94. The highest BCUT2D eigenvalue weighted by atomic mass is 16.1. The Morgan fingerprint density at radius 2 is 2.60 bits per heavy atom. The zero-order valence-electron chi connectivity index (χ0n) is 5.72. The van der Waals surface area contributed by atoms with Crippen LogP contribution in [-0.4, -0.2) is 15.8 Å². The summed E-state index contributed by atoms with van der Waals surface area (Å²) in [6, 6.07) is 0. The van der Waals surface area contributed by atoms with Crippen LogP contribution in [-0.2, 0) is 0 Å². The van der Waals surface area contributed by atoms with Gasteiger partial charge in [-0.25, -0.2) is 4.98 Å². The second-order valence-corrected chi connectivity index (χ2v) is 1.94. The number of nitrogens with one attached hydrogen (secondary N) is 1. The van der Waals surface area contributed by atoms with Crippen molar-refractivity contribution in [1.82, 2.24) is 9.97 Å². The number of H-pyrrole nitrogens is 1. The number of aromatic amines is 1. The van der Waals surface area contributed by atoms with Crippen LogP contribution >= 0.6 is 0 Å². The van der Waals surface area contributed by atoms with E-state index >= 15 is 0 Å². The van der Waals surface area contributed by atoms with Gasteiger partial charge >= 0.3 is 0 Å². The standard InChI is InChI=1S/C6H9N3O/c1-2-4(10)5-6(7)9-3-8-5/h3H,2,7H2,1H3,(H,8,9). The monoisotopic (exact) mass is 139 g/mol. The Labute approximate surface area is 58.5 Å². The lowest BCUT2D eigenvalue weighted by Crippen LogP contribution is -2.01. The van der Waals surface area contributed by atoms with E-state index in [4.69, 9.17) is 5.73 Å². The maximum Gasteiger partial charge on any atom is 0.182 e. The lowest BCUT2D eigenvalue weighted by molar-refractivity contribution is 0.0985. The van der Waals surface area contributed by atoms with E-state index in [2.05, 4.69) is 9.97 Å². The van der Waals surface area contributed by atoms with E-state index in [-0.39, 0.29) is 11.6 Å². The van der Waals surface area contributed by atoms with Gasteiger partial charge in [-0.2, -0.15) is 0 Å². The average Bonchev–Trinajstić information content (AvgIpc) is 2.34. The first-order valence-corrected chi connectivity index (χ1v) is 3.07. The van der Waals surface area contributed by atoms with Gasteiger partial charge in [-0.05, 0) is 0 Å². The number of ketones is 1. The van der Waals surface area contributed by atoms with Crippen LogP contribution < -0.4 is 5.73 Å². The van der Waals surface area contributed by atoms with Crippen LogP contribution in [0.2, 0.25) is 0 Å². The third-order valence-electron chi connectivity index (χ3n) is 1.27. The maximum atomic E-state index is 10.9. The molecule has 0 unspecified atom stereocenters. The first kappa shape index (κ1) is 6.80. The Kier molecular flexibility index (Phi) is 1.71. The number of nitrogen functional groups attached to an aromatic ring is 1. The number of aromatic nitrogens is 2. The molecular weight excluding hydrogens is 130 g/mol. The van der Waals surface area contributed by atoms with Crippen LogP contribution in [0.4, 0.5) is 5.82 Å². The zero-order chi connectivity index (χ0) is 7.56. The molecule has 0 aromatic carbocycles. The molecule has 0 saturated carbocycles. The van der Waals surface area contributed by atoms with E-state index in [1.54, 1.807) is 6.92 Å². The van der Waals surface area contributed by atoms with Crippen LogP contribution in [0.1, 0.15) is 23.8 Å². The van der Waals surface area contributed by atoms with Crippen LogP contribution in [0.15, 0.2) is 6.33 Å². The molecule has 3 N–H and O–H groups in total. The lowest BCUT2D eigenvalue weighted by atomic mass is 10.2. The lowest BCUT2D eigenvalue weighted by Gasteiger charge is -1.91. The Morgan fingerprint density at radius 3 is 3.00 bits per heavy atom. The van der Waals surface area contributed by atoms with E-state index in [0.717, 1.165) is 0 Å². The highest BCUT2D eigenvalue weighted by molar-refractivity contribution is 5.97. The molecule has 10 heavy (non-hydrogen) atoms. The SMILES string of the molecule is CCC(=O)c1[nH]cnc1N. The van der Waals surface area contributed by atoms with Crippen molar-refractivity contribution >= 4 is 11.6 Å². The number of carbonyl (C=O) groups is 1. The summed E-state index contributed by atoms with van der Waals surface area (Å²) in [6.45, 7) is 1.78. The third-order valence-corrected chi connectivity index (χ3v) is 1.27. The molecule has 0 atom stereocenters. The zero-order valence-corrected chi connectivity index (χ0v) is 5.72. The van der Waals surface area contributed by atoms with Crippen LogP contribution in [0.5, 0.6) is 0 Å². The summed E-state index contributed by atoms with van der Waals surface area (Å²) in [5.41, 5.74) is 5.77. The van der Waals surface area contributed by atoms with Gasteiger partial charge < -0.3 is 10.7 Å². The molecule has 1 heterocycles. The Hall–Kier alpha value is -1.32. The first-order valence-electron chi connectivity index (χ1n) is 3.07. The van der Waals surface area contributed by atoms with Gasteiger partial charge in [0, 0.05) is 6.42 Å². The molecule has 1 rings (SSSR count). The normalized spacial score (nSPS) is 9.70. The smallest absolute Gasteiger partial charge is 0.182 e. The largest absolute Gasteiger partial charge is 0.382 e. The summed E-state index contributed by atoms with van der Waals surface area (Å²) in [4.78, 5) is 17.3. The number of hydrogen-bond acceptors (Lipinski definition) is 3. The molecule has 1 aromatic heterocycles. The highest BCUT2D eigenvalue weighted by Gasteiger charge is 2.07. The predicted molar refractivity (Wildman–Crippen MR) is 37.6 cm³/mol. The van der Waals surface area contributed by atoms with Gasteiger partial charge in [0.2, 0.25) is 0 Å². The summed E-state index contributed by atoms with van der Waals surface area (Å²) in [6.07, 6.45) is 1.87. The number of imidazole rings is 1. The minimum atomic E-state index is -0.00463. The van der Waals surface area contributed by atoms with Crippen molar-refractivity contribution in [3.8, 4) is 0 Å². The maximum absolute atomic E-state index is 10.9. The predicted octanol–water partition coefficient (Wildman–Crippen LogP) is 0.585. The van der Waals surface area contributed by atoms with Crippen LogP contribution in [0.25, 0.3) is 0 Å². The summed E-state index contributed by atoms with van der Waals surface area (Å²) < 4.78 is 0. The van der Waals surface area contributed by atoms with Crippen LogP contribution in [0.3, 0.4) is 0 Å². The average molecular weight is 139 g/mol. The fourth-order valence-electron chi connectivity index (χ4n) is 0.705. The minimum Gasteiger partial charge on any atom is -0.382 e. The second kappa shape index (κ2) is 2.51. The summed E-state index contributed by atoms with van der Waals surface area (Å²) >= 11 is 0. The van der Waals surface area contributed by atoms with Crippen molar-refractivity contribution in [3.05, 3.63) is 12.0 Å². The van der Waals surface area contributed by atoms with Gasteiger partial charge in [-0.15, -0.1) is 0 Å². The summed E-state index contributed by atoms with van der Waals surface area (Å²) in [5.74, 6) is 0.279. The third kappa shape index (κ3) is 1.00. The van der Waals surface area contributed by atoms with Crippen molar-refractivity contribution in [2.75, 3.05) is 5.73 Å². The molecule has 54 valence electrons. The number of Topliss-reactive ketones (excluding diaryl/α,β-unsaturated/α-hetero) is 1. The molecule has 0 aliphatic carbocycles. The molecule has 0 saturated heterocycles. The minimum absolute atomic E-state index is 0.00463. The molecule has 4 heteroatoms. The molecular formula is C6H9N3O. The topological polar surface area (TPSA) is 71.8 Å². The molecule has 4 nitrogen and oxygen atoms in total. The van der Waals surface area contributed by atoms with Crippen molar-refractivity contribution in [3.63, 3.8) is 0 Å². The van der Waals surface area contributed by atoms with Gasteiger partial charge in [0.15, 0.2) is 11.6 Å². The van der Waals surface area contributed by atoms with Gasteiger partial charge in [-0.3, -0.25) is 4.79 Å². The van der Waals surface area contributed by atoms with Gasteiger partial charge in [0.05, 0.1) is 6.33 Å². The number of carbonyl (C=O) groups excluding carboxylic acids is 1. The van der Waals surface area contributed by atoms with E-state index in [1.807, 2.05) is 0 Å². The Balaban J connectivity index is 2.93. The van der Waals surface area contributed by atoms with E-state index < -0.39 is 0 Å². The molecule has 0 fully saturated rings. The number of nitrogens with zero attached hydrogens (tertiary/aromatic N) is 1. The van der Waals surface area contributed by atoms with Crippen LogP contribution in [0, 0.1) is 0 Å². The van der Waals surface area contributed by atoms with Crippen molar-refractivity contribution in [2.24, 2.45) is 0 Å². The number of anilines is 1. The fraction of sp³-hybridized carbons (Fsp3) is 0.333.